The van der Waals surface area contributed by atoms with Crippen LogP contribution in [-0.2, 0) is 6.42 Å². The first kappa shape index (κ1) is 16.3. The Bertz CT molecular complexity index is 601. The van der Waals surface area contributed by atoms with E-state index in [1.165, 1.54) is 5.56 Å². The summed E-state index contributed by atoms with van der Waals surface area (Å²) in [4.78, 5) is 0. The van der Waals surface area contributed by atoms with Gasteiger partial charge in [-0.1, -0.05) is 48.5 Å². The maximum atomic E-state index is 5.38. The van der Waals surface area contributed by atoms with E-state index in [0.717, 1.165) is 24.3 Å². The maximum absolute atomic E-state index is 5.38. The fourth-order valence-corrected chi connectivity index (χ4v) is 2.59. The van der Waals surface area contributed by atoms with Crippen molar-refractivity contribution < 1.29 is 4.74 Å². The third kappa shape index (κ3) is 4.74. The third-order valence-electron chi connectivity index (χ3n) is 3.50. The molecule has 0 amide bonds. The first-order valence-electron chi connectivity index (χ1n) is 7.42. The van der Waals surface area contributed by atoms with Gasteiger partial charge in [-0.25, -0.2) is 0 Å². The molecule has 0 radical (unpaired) electrons. The molecule has 3 nitrogen and oxygen atoms in total. The highest BCUT2D eigenvalue weighted by atomic mass is 32.1. The number of nitrogens with one attached hydrogen (secondary N) is 2. The highest BCUT2D eigenvalue weighted by Gasteiger charge is 2.11. The number of ether oxygens (including phenoxy) is 1. The Hall–Kier alpha value is -2.07. The van der Waals surface area contributed by atoms with Crippen molar-refractivity contribution in [3.63, 3.8) is 0 Å². The van der Waals surface area contributed by atoms with Crippen LogP contribution in [-0.4, -0.2) is 18.8 Å². The molecule has 116 valence electrons. The number of benzene rings is 2. The van der Waals surface area contributed by atoms with Crippen molar-refractivity contribution in [2.75, 3.05) is 13.7 Å². The largest absolute Gasteiger partial charge is 0.496 e. The number of rotatable bonds is 6. The molecule has 0 saturated carbocycles. The first-order valence-corrected chi connectivity index (χ1v) is 7.82. The number of para-hydroxylation sites is 1. The molecule has 0 saturated heterocycles. The number of methoxy groups -OCH3 is 1. The van der Waals surface area contributed by atoms with Crippen molar-refractivity contribution in [2.24, 2.45) is 0 Å². The van der Waals surface area contributed by atoms with Crippen LogP contribution < -0.4 is 15.4 Å². The molecule has 22 heavy (non-hydrogen) atoms. The van der Waals surface area contributed by atoms with E-state index in [1.54, 1.807) is 7.11 Å². The highest BCUT2D eigenvalue weighted by molar-refractivity contribution is 7.80. The van der Waals surface area contributed by atoms with E-state index in [4.69, 9.17) is 17.0 Å². The summed E-state index contributed by atoms with van der Waals surface area (Å²) in [5, 5.41) is 7.21. The predicted octanol–water partition coefficient (Wildman–Crippen LogP) is 3.46. The smallest absolute Gasteiger partial charge is 0.166 e. The van der Waals surface area contributed by atoms with E-state index in [1.807, 2.05) is 30.3 Å². The van der Waals surface area contributed by atoms with Crippen molar-refractivity contribution in [3.8, 4) is 5.75 Å². The summed E-state index contributed by atoms with van der Waals surface area (Å²) in [6.45, 7) is 2.89. The maximum Gasteiger partial charge on any atom is 0.166 e. The third-order valence-corrected chi connectivity index (χ3v) is 3.76. The van der Waals surface area contributed by atoms with E-state index in [9.17, 15) is 0 Å². The molecule has 2 N–H and O–H groups in total. The Morgan fingerprint density at radius 2 is 1.77 bits per heavy atom. The number of thiocarbonyl (C=S) groups is 1. The van der Waals surface area contributed by atoms with E-state index in [-0.39, 0.29) is 6.04 Å². The second-order valence-electron chi connectivity index (χ2n) is 5.10. The zero-order chi connectivity index (χ0) is 15.8. The fraction of sp³-hybridized carbons (Fsp3) is 0.278. The molecule has 0 aromatic heterocycles. The summed E-state index contributed by atoms with van der Waals surface area (Å²) in [6, 6.07) is 18.4. The number of hydrogen-bond acceptors (Lipinski definition) is 2. The summed E-state index contributed by atoms with van der Waals surface area (Å²) in [7, 11) is 1.68. The predicted molar refractivity (Wildman–Crippen MR) is 95.3 cm³/mol. The van der Waals surface area contributed by atoms with Gasteiger partial charge < -0.3 is 15.4 Å². The molecule has 0 heterocycles. The van der Waals surface area contributed by atoms with Gasteiger partial charge in [0.05, 0.1) is 13.2 Å². The van der Waals surface area contributed by atoms with Crippen molar-refractivity contribution in [1.29, 1.82) is 0 Å². The lowest BCUT2D eigenvalue weighted by molar-refractivity contribution is 0.405. The molecule has 0 spiro atoms. The standard InChI is InChI=1S/C18H22N2OS/c1-14(16-10-6-7-11-17(16)21-2)20-18(22)19-13-12-15-8-4-3-5-9-15/h3-11,14H,12-13H2,1-2H3,(H2,19,20,22)/t14-/m1/s1. The average molecular weight is 314 g/mol. The lowest BCUT2D eigenvalue weighted by Crippen LogP contribution is -2.37. The van der Waals surface area contributed by atoms with E-state index in [2.05, 4.69) is 41.8 Å². The van der Waals surface area contributed by atoms with Gasteiger partial charge in [-0.15, -0.1) is 0 Å². The minimum atomic E-state index is 0.0906. The molecule has 0 fully saturated rings. The van der Waals surface area contributed by atoms with Crippen LogP contribution in [0, 0.1) is 0 Å². The molecule has 4 heteroatoms. The molecule has 0 unspecified atom stereocenters. The molecule has 2 rings (SSSR count). The van der Waals surface area contributed by atoms with Gasteiger partial charge in [0.1, 0.15) is 5.75 Å². The quantitative estimate of drug-likeness (QED) is 0.800. The molecular weight excluding hydrogens is 292 g/mol. The molecule has 0 aliphatic rings. The zero-order valence-corrected chi connectivity index (χ0v) is 13.8. The van der Waals surface area contributed by atoms with Crippen LogP contribution in [0.5, 0.6) is 5.75 Å². The second-order valence-corrected chi connectivity index (χ2v) is 5.51. The van der Waals surface area contributed by atoms with Crippen LogP contribution in [0.15, 0.2) is 54.6 Å². The van der Waals surface area contributed by atoms with Gasteiger partial charge in [0.15, 0.2) is 5.11 Å². The Balaban J connectivity index is 1.81. The Kier molecular flexibility index (Phi) is 6.22. The summed E-state index contributed by atoms with van der Waals surface area (Å²) >= 11 is 5.36. The molecule has 1 atom stereocenters. The monoisotopic (exact) mass is 314 g/mol. The Morgan fingerprint density at radius 1 is 1.09 bits per heavy atom. The van der Waals surface area contributed by atoms with Gasteiger partial charge in [-0.2, -0.15) is 0 Å². The molecule has 2 aromatic carbocycles. The minimum Gasteiger partial charge on any atom is -0.496 e. The molecule has 2 aromatic rings. The van der Waals surface area contributed by atoms with Gasteiger partial charge in [-0.3, -0.25) is 0 Å². The van der Waals surface area contributed by atoms with Gasteiger partial charge in [0.25, 0.3) is 0 Å². The van der Waals surface area contributed by atoms with Gasteiger partial charge >= 0.3 is 0 Å². The van der Waals surface area contributed by atoms with Crippen LogP contribution in [0.25, 0.3) is 0 Å². The van der Waals surface area contributed by atoms with Crippen molar-refractivity contribution in [1.82, 2.24) is 10.6 Å². The molecule has 0 aliphatic heterocycles. The average Bonchev–Trinajstić information content (AvgIpc) is 2.55. The normalized spacial score (nSPS) is 11.5. The zero-order valence-electron chi connectivity index (χ0n) is 13.0. The van der Waals surface area contributed by atoms with E-state index < -0.39 is 0 Å². The van der Waals surface area contributed by atoms with Crippen LogP contribution in [0.1, 0.15) is 24.1 Å². The summed E-state index contributed by atoms with van der Waals surface area (Å²) in [5.41, 5.74) is 2.40. The number of hydrogen-bond donors (Lipinski definition) is 2. The molecular formula is C18H22N2OS. The minimum absolute atomic E-state index is 0.0906. The van der Waals surface area contributed by atoms with Crippen LogP contribution in [0.3, 0.4) is 0 Å². The van der Waals surface area contributed by atoms with Crippen molar-refractivity contribution >= 4 is 17.3 Å². The van der Waals surface area contributed by atoms with E-state index >= 15 is 0 Å². The lowest BCUT2D eigenvalue weighted by atomic mass is 10.1. The first-order chi connectivity index (χ1) is 10.7. The molecule has 0 aliphatic carbocycles. The second kappa shape index (κ2) is 8.39. The van der Waals surface area contributed by atoms with Gasteiger partial charge in [0, 0.05) is 12.1 Å². The van der Waals surface area contributed by atoms with Crippen LogP contribution >= 0.6 is 12.2 Å². The molecule has 0 bridgehead atoms. The Labute approximate surface area is 137 Å². The summed E-state index contributed by atoms with van der Waals surface area (Å²) < 4.78 is 5.38. The summed E-state index contributed by atoms with van der Waals surface area (Å²) in [6.07, 6.45) is 0.950. The van der Waals surface area contributed by atoms with Crippen LogP contribution in [0.2, 0.25) is 0 Å². The van der Waals surface area contributed by atoms with Crippen molar-refractivity contribution in [3.05, 3.63) is 65.7 Å². The van der Waals surface area contributed by atoms with Crippen LogP contribution in [0.4, 0.5) is 0 Å². The fourth-order valence-electron chi connectivity index (χ4n) is 2.31. The van der Waals surface area contributed by atoms with E-state index in [0.29, 0.717) is 5.11 Å². The summed E-state index contributed by atoms with van der Waals surface area (Å²) in [5.74, 6) is 0.870. The highest BCUT2D eigenvalue weighted by Crippen LogP contribution is 2.24. The van der Waals surface area contributed by atoms with Gasteiger partial charge in [-0.05, 0) is 37.2 Å². The topological polar surface area (TPSA) is 33.3 Å². The lowest BCUT2D eigenvalue weighted by Gasteiger charge is -2.19. The SMILES string of the molecule is COc1ccccc1[C@@H](C)NC(=S)NCCc1ccccc1. The Morgan fingerprint density at radius 3 is 2.50 bits per heavy atom. The van der Waals surface area contributed by atoms with Crippen molar-refractivity contribution in [2.45, 2.75) is 19.4 Å². The van der Waals surface area contributed by atoms with Gasteiger partial charge in [0.2, 0.25) is 0 Å².